The van der Waals surface area contributed by atoms with E-state index in [4.69, 9.17) is 23.3 Å². The SMILES string of the molecule is CC/C=C\C/C=C\CC1OC1C/C=C\C/C=C\CCCC(=O)OC(COC(=O)CCCCCCCCCCCCCCCCC)COP(=O)(O)OC1C(O)C(O)C(O)C(O)C1O. The number of rotatable bonds is 37. The van der Waals surface area contributed by atoms with E-state index in [-0.39, 0.29) is 25.0 Å². The molecule has 1 aliphatic heterocycles. The van der Waals surface area contributed by atoms with Crippen LogP contribution < -0.4 is 0 Å². The highest BCUT2D eigenvalue weighted by Crippen LogP contribution is 2.47. The number of ether oxygens (including phenoxy) is 3. The van der Waals surface area contributed by atoms with Crippen LogP contribution in [0.25, 0.3) is 0 Å². The molecule has 62 heavy (non-hydrogen) atoms. The minimum Gasteiger partial charge on any atom is -0.462 e. The number of unbranched alkanes of at least 4 members (excludes halogenated alkanes) is 15. The van der Waals surface area contributed by atoms with Crippen LogP contribution in [0.5, 0.6) is 0 Å². The second kappa shape index (κ2) is 34.2. The standard InChI is InChI=1S/C47H81O14P/c1-3-5-7-9-11-12-13-14-15-16-17-18-21-25-29-33-40(48)57-35-37(36-58-62(55,56)61-47-45(53)43(51)42(50)44(52)46(47)54)59-41(49)34-30-26-22-19-20-24-28-32-39-38(60-39)31-27-23-10-8-6-4-2/h6,8,19,22-24,27-28,37-39,42-47,50-54H,3-5,7,9-18,20-21,25-26,29-36H2,1-2H3,(H,55,56)/b8-6-,22-19-,27-23-,28-24-. The molecular formula is C47H81O14P. The van der Waals surface area contributed by atoms with E-state index in [0.29, 0.717) is 19.3 Å². The maximum Gasteiger partial charge on any atom is 0.472 e. The van der Waals surface area contributed by atoms with E-state index >= 15 is 0 Å². The molecule has 0 bridgehead atoms. The van der Waals surface area contributed by atoms with Gasteiger partial charge < -0.3 is 44.6 Å². The van der Waals surface area contributed by atoms with Gasteiger partial charge in [-0.2, -0.15) is 0 Å². The van der Waals surface area contributed by atoms with Crippen LogP contribution in [0.2, 0.25) is 0 Å². The Bertz CT molecular complexity index is 1340. The van der Waals surface area contributed by atoms with Gasteiger partial charge in [-0.1, -0.05) is 152 Å². The summed E-state index contributed by atoms with van der Waals surface area (Å²) in [6.07, 6.45) is 27.7. The van der Waals surface area contributed by atoms with Gasteiger partial charge in [-0.05, 0) is 51.4 Å². The van der Waals surface area contributed by atoms with E-state index < -0.39 is 75.7 Å². The number of phosphoric ester groups is 1. The van der Waals surface area contributed by atoms with Crippen molar-refractivity contribution in [2.45, 2.75) is 223 Å². The van der Waals surface area contributed by atoms with Crippen molar-refractivity contribution in [3.05, 3.63) is 48.6 Å². The molecule has 1 aliphatic carbocycles. The molecule has 8 unspecified atom stereocenters. The molecule has 8 atom stereocenters. The fraction of sp³-hybridized carbons (Fsp3) is 0.787. The quantitative estimate of drug-likeness (QED) is 0.0114. The van der Waals surface area contributed by atoms with Gasteiger partial charge in [-0.15, -0.1) is 0 Å². The number of carbonyl (C=O) groups is 2. The summed E-state index contributed by atoms with van der Waals surface area (Å²) in [6.45, 7) is 3.13. The van der Waals surface area contributed by atoms with E-state index in [1.54, 1.807) is 0 Å². The van der Waals surface area contributed by atoms with Crippen molar-refractivity contribution >= 4 is 19.8 Å². The number of allylic oxidation sites excluding steroid dienone is 6. The first-order chi connectivity index (χ1) is 29.9. The average molecular weight is 901 g/mol. The number of aliphatic hydroxyl groups excluding tert-OH is 5. The number of hydrogen-bond acceptors (Lipinski definition) is 13. The fourth-order valence-electron chi connectivity index (χ4n) is 7.19. The van der Waals surface area contributed by atoms with E-state index in [0.717, 1.165) is 51.4 Å². The number of phosphoric acid groups is 1. The minimum atomic E-state index is -5.14. The van der Waals surface area contributed by atoms with Crippen LogP contribution in [0.3, 0.4) is 0 Å². The van der Waals surface area contributed by atoms with Gasteiger partial charge in [-0.3, -0.25) is 18.6 Å². The van der Waals surface area contributed by atoms with Gasteiger partial charge in [0.25, 0.3) is 0 Å². The third kappa shape index (κ3) is 25.9. The van der Waals surface area contributed by atoms with Gasteiger partial charge in [-0.25, -0.2) is 4.57 Å². The molecule has 0 amide bonds. The Balaban J connectivity index is 1.73. The van der Waals surface area contributed by atoms with Gasteiger partial charge in [0.15, 0.2) is 6.10 Å². The smallest absolute Gasteiger partial charge is 0.462 e. The van der Waals surface area contributed by atoms with E-state index in [1.165, 1.54) is 70.6 Å². The number of esters is 2. The van der Waals surface area contributed by atoms with Crippen molar-refractivity contribution < 1.29 is 67.8 Å². The summed E-state index contributed by atoms with van der Waals surface area (Å²) in [5.41, 5.74) is 0. The number of aliphatic hydroxyl groups is 5. The summed E-state index contributed by atoms with van der Waals surface area (Å²) in [6, 6.07) is 0. The highest BCUT2D eigenvalue weighted by Gasteiger charge is 2.51. The Kier molecular flexibility index (Phi) is 30.8. The van der Waals surface area contributed by atoms with Crippen LogP contribution in [0.15, 0.2) is 48.6 Å². The molecule has 358 valence electrons. The summed E-state index contributed by atoms with van der Waals surface area (Å²) in [7, 11) is -5.14. The molecule has 1 saturated heterocycles. The molecule has 1 saturated carbocycles. The summed E-state index contributed by atoms with van der Waals surface area (Å²) in [5.74, 6) is -1.17. The second-order valence-electron chi connectivity index (χ2n) is 16.6. The third-order valence-corrected chi connectivity index (χ3v) is 12.1. The number of epoxide rings is 1. The molecule has 2 fully saturated rings. The first kappa shape index (κ1) is 55.9. The monoisotopic (exact) mass is 901 g/mol. The Hall–Kier alpha value is -2.23. The molecule has 6 N–H and O–H groups in total. The normalized spacial score (nSPS) is 25.5. The third-order valence-electron chi connectivity index (χ3n) is 11.1. The van der Waals surface area contributed by atoms with Crippen LogP contribution in [-0.2, 0) is 37.4 Å². The highest BCUT2D eigenvalue weighted by atomic mass is 31.2. The van der Waals surface area contributed by atoms with Crippen LogP contribution in [-0.4, -0.2) is 111 Å². The fourth-order valence-corrected chi connectivity index (χ4v) is 8.16. The van der Waals surface area contributed by atoms with Crippen LogP contribution in [0, 0.1) is 0 Å². The summed E-state index contributed by atoms with van der Waals surface area (Å²) in [5, 5.41) is 50.2. The lowest BCUT2D eigenvalue weighted by Crippen LogP contribution is -2.64. The first-order valence-corrected chi connectivity index (χ1v) is 25.1. The van der Waals surface area contributed by atoms with Crippen molar-refractivity contribution in [3.8, 4) is 0 Å². The molecule has 15 heteroatoms. The zero-order valence-electron chi connectivity index (χ0n) is 37.6. The predicted octanol–water partition coefficient (Wildman–Crippen LogP) is 8.16. The summed E-state index contributed by atoms with van der Waals surface area (Å²) >= 11 is 0. The molecular weight excluding hydrogens is 819 g/mol. The molecule has 14 nitrogen and oxygen atoms in total. The first-order valence-electron chi connectivity index (χ1n) is 23.6. The van der Waals surface area contributed by atoms with E-state index in [9.17, 15) is 44.6 Å². The highest BCUT2D eigenvalue weighted by molar-refractivity contribution is 7.47. The molecule has 2 rings (SSSR count). The molecule has 0 spiro atoms. The van der Waals surface area contributed by atoms with Crippen molar-refractivity contribution in [3.63, 3.8) is 0 Å². The van der Waals surface area contributed by atoms with Gasteiger partial charge in [0, 0.05) is 12.8 Å². The van der Waals surface area contributed by atoms with Gasteiger partial charge in [0.2, 0.25) is 0 Å². The Morgan fingerprint density at radius 2 is 1.05 bits per heavy atom. The Morgan fingerprint density at radius 1 is 0.581 bits per heavy atom. The summed E-state index contributed by atoms with van der Waals surface area (Å²) < 4.78 is 39.2. The van der Waals surface area contributed by atoms with E-state index in [1.807, 2.05) is 12.2 Å². The minimum absolute atomic E-state index is 0.0132. The summed E-state index contributed by atoms with van der Waals surface area (Å²) in [4.78, 5) is 35.7. The number of hydrogen-bond donors (Lipinski definition) is 6. The molecule has 0 aromatic heterocycles. The lowest BCUT2D eigenvalue weighted by atomic mass is 9.85. The molecule has 0 radical (unpaired) electrons. The van der Waals surface area contributed by atoms with Gasteiger partial charge >= 0.3 is 19.8 Å². The number of carbonyl (C=O) groups excluding carboxylic acids is 2. The Morgan fingerprint density at radius 3 is 1.58 bits per heavy atom. The lowest BCUT2D eigenvalue weighted by molar-refractivity contribution is -0.220. The average Bonchev–Trinajstić information content (AvgIpc) is 4.01. The van der Waals surface area contributed by atoms with Crippen molar-refractivity contribution in [1.29, 1.82) is 0 Å². The lowest BCUT2D eigenvalue weighted by Gasteiger charge is -2.41. The largest absolute Gasteiger partial charge is 0.472 e. The van der Waals surface area contributed by atoms with Gasteiger partial charge in [0.05, 0.1) is 18.8 Å². The van der Waals surface area contributed by atoms with Crippen molar-refractivity contribution in [2.24, 2.45) is 0 Å². The maximum atomic E-state index is 12.8. The van der Waals surface area contributed by atoms with Crippen molar-refractivity contribution in [1.82, 2.24) is 0 Å². The zero-order valence-corrected chi connectivity index (χ0v) is 38.5. The van der Waals surface area contributed by atoms with Crippen LogP contribution in [0.4, 0.5) is 0 Å². The van der Waals surface area contributed by atoms with Crippen LogP contribution in [0.1, 0.15) is 168 Å². The molecule has 1 heterocycles. The molecule has 2 aliphatic rings. The maximum absolute atomic E-state index is 12.8. The van der Waals surface area contributed by atoms with E-state index in [2.05, 4.69) is 50.3 Å². The molecule has 0 aromatic rings. The Labute approximate surface area is 371 Å². The van der Waals surface area contributed by atoms with Crippen LogP contribution >= 0.6 is 7.82 Å². The zero-order chi connectivity index (χ0) is 45.4. The second-order valence-corrected chi connectivity index (χ2v) is 18.0. The van der Waals surface area contributed by atoms with Gasteiger partial charge in [0.1, 0.15) is 43.2 Å². The predicted molar refractivity (Wildman–Crippen MR) is 239 cm³/mol. The molecule has 0 aromatic carbocycles. The van der Waals surface area contributed by atoms with Crippen molar-refractivity contribution in [2.75, 3.05) is 13.2 Å². The topological polar surface area (TPSA) is 222 Å².